The quantitative estimate of drug-likeness (QED) is 0.921. The van der Waals surface area contributed by atoms with Crippen molar-refractivity contribution in [3.63, 3.8) is 0 Å². The van der Waals surface area contributed by atoms with Crippen LogP contribution in [0.25, 0.3) is 11.3 Å². The Hall–Kier alpha value is -3.14. The average molecular weight is 339 g/mol. The highest BCUT2D eigenvalue weighted by Crippen LogP contribution is 2.22. The van der Waals surface area contributed by atoms with Crippen LogP contribution in [0.5, 0.6) is 0 Å². The average Bonchev–Trinajstić information content (AvgIpc) is 2.53. The zero-order valence-corrected chi connectivity index (χ0v) is 14.8. The Morgan fingerprint density at radius 3 is 2.68 bits per heavy atom. The van der Waals surface area contributed by atoms with Crippen LogP contribution >= 0.6 is 0 Å². The topological polar surface area (TPSA) is 105 Å². The first-order chi connectivity index (χ1) is 11.7. The lowest BCUT2D eigenvalue weighted by Crippen LogP contribution is -2.34. The van der Waals surface area contributed by atoms with E-state index in [-0.39, 0.29) is 12.5 Å². The summed E-state index contributed by atoms with van der Waals surface area (Å²) in [6.07, 6.45) is 1.12. The van der Waals surface area contributed by atoms with Crippen LogP contribution in [0.2, 0.25) is 0 Å². The van der Waals surface area contributed by atoms with Gasteiger partial charge in [0.15, 0.2) is 0 Å². The van der Waals surface area contributed by atoms with Crippen molar-refractivity contribution in [3.8, 4) is 17.3 Å². The Labute approximate surface area is 147 Å². The third kappa shape index (κ3) is 4.91. The normalized spacial score (nSPS) is 10.8. The molecule has 1 heterocycles. The Kier molecular flexibility index (Phi) is 5.22. The number of carbonyl (C=O) groups is 1. The second-order valence-electron chi connectivity index (χ2n) is 6.62. The van der Waals surface area contributed by atoms with Gasteiger partial charge in [0.2, 0.25) is 5.95 Å². The van der Waals surface area contributed by atoms with Crippen LogP contribution in [-0.2, 0) is 11.3 Å². The zero-order valence-electron chi connectivity index (χ0n) is 14.8. The van der Waals surface area contributed by atoms with Gasteiger partial charge >= 0.3 is 6.09 Å². The van der Waals surface area contributed by atoms with Crippen molar-refractivity contribution < 1.29 is 9.53 Å². The molecule has 1 aromatic carbocycles. The molecule has 0 unspecified atom stereocenters. The number of aromatic nitrogens is 2. The molecule has 0 fully saturated rings. The molecule has 0 aliphatic heterocycles. The number of ether oxygens (including phenoxy) is 1. The van der Waals surface area contributed by atoms with E-state index in [9.17, 15) is 10.1 Å². The Bertz CT molecular complexity index is 821. The summed E-state index contributed by atoms with van der Waals surface area (Å²) in [7, 11) is 1.63. The molecule has 25 heavy (non-hydrogen) atoms. The fourth-order valence-corrected chi connectivity index (χ4v) is 2.19. The number of benzene rings is 1. The minimum absolute atomic E-state index is 0.175. The van der Waals surface area contributed by atoms with Gasteiger partial charge in [0, 0.05) is 25.4 Å². The lowest BCUT2D eigenvalue weighted by atomic mass is 10.0. The van der Waals surface area contributed by atoms with E-state index in [0.717, 1.165) is 5.56 Å². The van der Waals surface area contributed by atoms with Gasteiger partial charge in [-0.1, -0.05) is 6.07 Å². The van der Waals surface area contributed by atoms with Gasteiger partial charge < -0.3 is 15.4 Å². The van der Waals surface area contributed by atoms with Gasteiger partial charge in [-0.05, 0) is 44.5 Å². The minimum atomic E-state index is -0.580. The Balaban J connectivity index is 2.29. The molecule has 0 atom stereocenters. The second kappa shape index (κ2) is 7.18. The number of nitriles is 1. The summed E-state index contributed by atoms with van der Waals surface area (Å²) in [6, 6.07) is 9.19. The van der Waals surface area contributed by atoms with Crippen molar-refractivity contribution >= 4 is 12.0 Å². The van der Waals surface area contributed by atoms with Gasteiger partial charge in [0.05, 0.1) is 17.3 Å². The second-order valence-corrected chi connectivity index (χ2v) is 6.62. The molecule has 1 aromatic heterocycles. The highest BCUT2D eigenvalue weighted by Gasteiger charge is 2.20. The van der Waals surface area contributed by atoms with Crippen molar-refractivity contribution in [2.24, 2.45) is 0 Å². The summed E-state index contributed by atoms with van der Waals surface area (Å²) in [4.78, 5) is 21.6. The highest BCUT2D eigenvalue weighted by atomic mass is 16.6. The molecule has 7 nitrogen and oxygen atoms in total. The van der Waals surface area contributed by atoms with Crippen LogP contribution in [-0.4, -0.2) is 33.6 Å². The minimum Gasteiger partial charge on any atom is -0.444 e. The molecule has 0 spiro atoms. The molecule has 0 saturated carbocycles. The van der Waals surface area contributed by atoms with E-state index in [1.165, 1.54) is 4.90 Å². The van der Waals surface area contributed by atoms with Crippen molar-refractivity contribution in [1.29, 1.82) is 5.26 Å². The number of anilines is 1. The molecule has 0 saturated heterocycles. The van der Waals surface area contributed by atoms with Crippen LogP contribution in [0.15, 0.2) is 30.5 Å². The number of hydrogen-bond acceptors (Lipinski definition) is 6. The zero-order chi connectivity index (χ0) is 18.6. The lowest BCUT2D eigenvalue weighted by Gasteiger charge is -2.25. The standard InChI is InChI=1S/C18H21N5O2/c1-18(2,3)25-17(24)23(4)11-14-9-12(5-6-13(14)10-19)15-7-8-21-16(20)22-15/h5-9H,11H2,1-4H3,(H2,20,21,22). The summed E-state index contributed by atoms with van der Waals surface area (Å²) in [5, 5.41) is 9.33. The fraction of sp³-hybridized carbons (Fsp3) is 0.333. The molecule has 2 rings (SSSR count). The largest absolute Gasteiger partial charge is 0.444 e. The molecule has 1 amide bonds. The maximum Gasteiger partial charge on any atom is 0.410 e. The maximum atomic E-state index is 12.1. The summed E-state index contributed by atoms with van der Waals surface area (Å²) >= 11 is 0. The molecule has 2 N–H and O–H groups in total. The van der Waals surface area contributed by atoms with E-state index in [2.05, 4.69) is 16.0 Å². The van der Waals surface area contributed by atoms with Crippen LogP contribution in [0.1, 0.15) is 31.9 Å². The van der Waals surface area contributed by atoms with E-state index < -0.39 is 11.7 Å². The van der Waals surface area contributed by atoms with Crippen molar-refractivity contribution in [2.45, 2.75) is 32.9 Å². The third-order valence-corrected chi connectivity index (χ3v) is 3.31. The monoisotopic (exact) mass is 339 g/mol. The molecule has 0 aliphatic rings. The molecular weight excluding hydrogens is 318 g/mol. The Morgan fingerprint density at radius 1 is 1.36 bits per heavy atom. The molecular formula is C18H21N5O2. The van der Waals surface area contributed by atoms with Gasteiger partial charge in [-0.2, -0.15) is 5.26 Å². The van der Waals surface area contributed by atoms with Gasteiger partial charge in [0.25, 0.3) is 0 Å². The molecule has 7 heteroatoms. The summed E-state index contributed by atoms with van der Waals surface area (Å²) in [5.41, 5.74) is 7.68. The summed E-state index contributed by atoms with van der Waals surface area (Å²) < 4.78 is 5.34. The van der Waals surface area contributed by atoms with Crippen molar-refractivity contribution in [2.75, 3.05) is 12.8 Å². The first-order valence-electron chi connectivity index (χ1n) is 7.75. The first kappa shape index (κ1) is 18.2. The van der Waals surface area contributed by atoms with Gasteiger partial charge in [0.1, 0.15) is 5.60 Å². The van der Waals surface area contributed by atoms with Crippen molar-refractivity contribution in [1.82, 2.24) is 14.9 Å². The summed E-state index contributed by atoms with van der Waals surface area (Å²) in [5.74, 6) is 0.175. The number of rotatable bonds is 3. The molecule has 0 radical (unpaired) electrons. The molecule has 130 valence electrons. The van der Waals surface area contributed by atoms with E-state index in [0.29, 0.717) is 16.8 Å². The van der Waals surface area contributed by atoms with Crippen molar-refractivity contribution in [3.05, 3.63) is 41.6 Å². The predicted molar refractivity (Wildman–Crippen MR) is 94.3 cm³/mol. The number of nitrogens with zero attached hydrogens (tertiary/aromatic N) is 4. The third-order valence-electron chi connectivity index (χ3n) is 3.31. The number of nitrogen functional groups attached to an aromatic ring is 1. The first-order valence-corrected chi connectivity index (χ1v) is 7.75. The van der Waals surface area contributed by atoms with Gasteiger partial charge in [-0.15, -0.1) is 0 Å². The number of nitrogens with two attached hydrogens (primary N) is 1. The van der Waals surface area contributed by atoms with Crippen LogP contribution in [0.3, 0.4) is 0 Å². The molecule has 0 bridgehead atoms. The van der Waals surface area contributed by atoms with Crippen LogP contribution in [0, 0.1) is 11.3 Å². The highest BCUT2D eigenvalue weighted by molar-refractivity contribution is 5.68. The molecule has 0 aliphatic carbocycles. The van der Waals surface area contributed by atoms with Gasteiger partial charge in [-0.3, -0.25) is 0 Å². The van der Waals surface area contributed by atoms with Crippen LogP contribution in [0.4, 0.5) is 10.7 Å². The van der Waals surface area contributed by atoms with E-state index in [4.69, 9.17) is 10.5 Å². The lowest BCUT2D eigenvalue weighted by molar-refractivity contribution is 0.0285. The van der Waals surface area contributed by atoms with Crippen LogP contribution < -0.4 is 5.73 Å². The molecule has 2 aromatic rings. The number of carbonyl (C=O) groups excluding carboxylic acids is 1. The Morgan fingerprint density at radius 2 is 2.08 bits per heavy atom. The number of hydrogen-bond donors (Lipinski definition) is 1. The predicted octanol–water partition coefficient (Wildman–Crippen LogP) is 2.96. The SMILES string of the molecule is CN(Cc1cc(-c2ccnc(N)n2)ccc1C#N)C(=O)OC(C)(C)C. The van der Waals surface area contributed by atoms with E-state index in [1.807, 2.05) is 6.07 Å². The fourth-order valence-electron chi connectivity index (χ4n) is 2.19. The van der Waals surface area contributed by atoms with E-state index in [1.54, 1.807) is 52.2 Å². The smallest absolute Gasteiger partial charge is 0.410 e. The number of amides is 1. The van der Waals surface area contributed by atoms with Gasteiger partial charge in [-0.25, -0.2) is 14.8 Å². The maximum absolute atomic E-state index is 12.1. The summed E-state index contributed by atoms with van der Waals surface area (Å²) in [6.45, 7) is 5.66. The van der Waals surface area contributed by atoms with E-state index >= 15 is 0 Å².